The molecule has 0 fully saturated rings. The number of carbonyl (C=O) groups is 3. The first-order valence-corrected chi connectivity index (χ1v) is 4.85. The molecule has 1 aliphatic rings. The van der Waals surface area contributed by atoms with Crippen LogP contribution in [0.1, 0.15) is 0 Å². The number of anilines is 1. The minimum absolute atomic E-state index is 0. The molecule has 7 heteroatoms. The molecule has 0 atom stereocenters. The van der Waals surface area contributed by atoms with Crippen molar-refractivity contribution in [1.82, 2.24) is 10.4 Å². The summed E-state index contributed by atoms with van der Waals surface area (Å²) < 4.78 is 0. The molecular formula is C11H10ClN3O3. The lowest BCUT2D eigenvalue weighted by Crippen LogP contribution is -2.53. The van der Waals surface area contributed by atoms with Gasteiger partial charge in [0.25, 0.3) is 11.8 Å². The van der Waals surface area contributed by atoms with Gasteiger partial charge in [-0.15, -0.1) is 12.4 Å². The van der Waals surface area contributed by atoms with Crippen molar-refractivity contribution in [3.63, 3.8) is 0 Å². The van der Waals surface area contributed by atoms with Crippen LogP contribution in [0.3, 0.4) is 0 Å². The molecule has 1 aliphatic heterocycles. The Hall–Kier alpha value is -2.34. The second-order valence-electron chi connectivity index (χ2n) is 3.22. The van der Waals surface area contributed by atoms with E-state index in [9.17, 15) is 14.4 Å². The Morgan fingerprint density at radius 1 is 1.06 bits per heavy atom. The van der Waals surface area contributed by atoms with E-state index in [1.165, 1.54) is 0 Å². The summed E-state index contributed by atoms with van der Waals surface area (Å²) in [4.78, 5) is 33.5. The normalized spacial score (nSPS) is 13.2. The highest BCUT2D eigenvalue weighted by molar-refractivity contribution is 6.13. The molecule has 0 unspecified atom stereocenters. The Bertz CT molecular complexity index is 472. The topological polar surface area (TPSA) is 69.7 Å². The van der Waals surface area contributed by atoms with E-state index in [1.54, 1.807) is 30.3 Å². The molecule has 0 radical (unpaired) electrons. The van der Waals surface area contributed by atoms with Crippen molar-refractivity contribution in [1.29, 1.82) is 0 Å². The molecule has 1 aromatic carbocycles. The van der Waals surface area contributed by atoms with Crippen LogP contribution in [0, 0.1) is 0 Å². The van der Waals surface area contributed by atoms with E-state index in [1.807, 2.05) is 0 Å². The molecule has 94 valence electrons. The first-order chi connectivity index (χ1) is 8.24. The quantitative estimate of drug-likeness (QED) is 0.488. The molecule has 0 bridgehead atoms. The van der Waals surface area contributed by atoms with Crippen molar-refractivity contribution in [3.05, 3.63) is 42.5 Å². The molecule has 18 heavy (non-hydrogen) atoms. The molecule has 3 amide bonds. The zero-order valence-corrected chi connectivity index (χ0v) is 9.96. The molecule has 0 saturated carbocycles. The van der Waals surface area contributed by atoms with Crippen LogP contribution >= 0.6 is 12.4 Å². The number of para-hydroxylation sites is 1. The second kappa shape index (κ2) is 5.83. The van der Waals surface area contributed by atoms with Gasteiger partial charge in [0.05, 0.1) is 5.69 Å². The Kier molecular flexibility index (Phi) is 4.45. The van der Waals surface area contributed by atoms with Crippen LogP contribution in [0.5, 0.6) is 0 Å². The van der Waals surface area contributed by atoms with Crippen LogP contribution in [-0.2, 0) is 14.4 Å². The maximum atomic E-state index is 11.5. The van der Waals surface area contributed by atoms with Gasteiger partial charge >= 0.3 is 0 Å². The predicted molar refractivity (Wildman–Crippen MR) is 66.4 cm³/mol. The minimum atomic E-state index is -0.506. The van der Waals surface area contributed by atoms with E-state index in [2.05, 4.69) is 5.43 Å². The summed E-state index contributed by atoms with van der Waals surface area (Å²) in [5.74, 6) is -1.01. The van der Waals surface area contributed by atoms with E-state index in [-0.39, 0.29) is 12.4 Å². The van der Waals surface area contributed by atoms with Gasteiger partial charge in [-0.3, -0.25) is 19.8 Å². The highest BCUT2D eigenvalue weighted by atomic mass is 35.5. The SMILES string of the molecule is Cl.O=CNN(c1ccccc1)N1C(=O)C=CC1=O. The maximum Gasteiger partial charge on any atom is 0.274 e. The van der Waals surface area contributed by atoms with Crippen molar-refractivity contribution in [3.8, 4) is 0 Å². The molecule has 1 aromatic rings. The molecular weight excluding hydrogens is 258 g/mol. The number of nitrogens with zero attached hydrogens (tertiary/aromatic N) is 2. The van der Waals surface area contributed by atoms with Crippen LogP contribution in [0.2, 0.25) is 0 Å². The van der Waals surface area contributed by atoms with Gasteiger partial charge in [-0.2, -0.15) is 10.1 Å². The summed E-state index contributed by atoms with van der Waals surface area (Å²) in [5, 5.41) is 1.93. The van der Waals surface area contributed by atoms with E-state index in [0.29, 0.717) is 12.1 Å². The fourth-order valence-corrected chi connectivity index (χ4v) is 1.46. The van der Waals surface area contributed by atoms with Crippen LogP contribution in [0.4, 0.5) is 5.69 Å². The third-order valence-electron chi connectivity index (χ3n) is 2.16. The lowest BCUT2D eigenvalue weighted by molar-refractivity contribution is -0.138. The first-order valence-electron chi connectivity index (χ1n) is 4.85. The minimum Gasteiger partial charge on any atom is -0.277 e. The van der Waals surface area contributed by atoms with Gasteiger partial charge in [0, 0.05) is 12.2 Å². The lowest BCUT2D eigenvalue weighted by atomic mass is 10.3. The smallest absolute Gasteiger partial charge is 0.274 e. The van der Waals surface area contributed by atoms with Crippen molar-refractivity contribution in [2.45, 2.75) is 0 Å². The Morgan fingerprint density at radius 3 is 2.11 bits per heavy atom. The second-order valence-corrected chi connectivity index (χ2v) is 3.22. The van der Waals surface area contributed by atoms with Gasteiger partial charge in [-0.05, 0) is 12.1 Å². The molecule has 1 N–H and O–H groups in total. The fraction of sp³-hybridized carbons (Fsp3) is 0. The standard InChI is InChI=1S/C11H9N3O3.ClH/c15-8-12-14(9-4-2-1-3-5-9)13-10(16)6-7-11(13)17;/h1-8H,(H,12,15);1H. The largest absolute Gasteiger partial charge is 0.277 e. The summed E-state index contributed by atoms with van der Waals surface area (Å²) in [6.07, 6.45) is 2.68. The fourth-order valence-electron chi connectivity index (χ4n) is 1.46. The van der Waals surface area contributed by atoms with Crippen molar-refractivity contribution in [2.75, 3.05) is 5.12 Å². The third kappa shape index (κ3) is 2.49. The molecule has 0 aliphatic carbocycles. The monoisotopic (exact) mass is 267 g/mol. The Morgan fingerprint density at radius 2 is 1.61 bits per heavy atom. The van der Waals surface area contributed by atoms with Crippen molar-refractivity contribution < 1.29 is 14.4 Å². The molecule has 0 aromatic heterocycles. The van der Waals surface area contributed by atoms with E-state index < -0.39 is 11.8 Å². The average molecular weight is 268 g/mol. The van der Waals surface area contributed by atoms with Gasteiger partial charge in [-0.25, -0.2) is 0 Å². The number of carbonyl (C=O) groups excluding carboxylic acids is 3. The Labute approximate surface area is 109 Å². The lowest BCUT2D eigenvalue weighted by Gasteiger charge is -2.29. The summed E-state index contributed by atoms with van der Waals surface area (Å²) in [5.41, 5.74) is 2.80. The molecule has 0 saturated heterocycles. The number of amides is 3. The van der Waals surface area contributed by atoms with Gasteiger partial charge < -0.3 is 0 Å². The molecule has 6 nitrogen and oxygen atoms in total. The highest BCUT2D eigenvalue weighted by Crippen LogP contribution is 2.16. The predicted octanol–water partition coefficient (Wildman–Crippen LogP) is 0.416. The summed E-state index contributed by atoms with van der Waals surface area (Å²) in [6.45, 7) is 0. The number of hydrazine groups is 2. The Balaban J connectivity index is 0.00000162. The van der Waals surface area contributed by atoms with E-state index in [0.717, 1.165) is 22.3 Å². The van der Waals surface area contributed by atoms with Crippen LogP contribution in [0.15, 0.2) is 42.5 Å². The number of benzene rings is 1. The van der Waals surface area contributed by atoms with Gasteiger partial charge in [0.1, 0.15) is 0 Å². The van der Waals surface area contributed by atoms with Gasteiger partial charge in [-0.1, -0.05) is 18.2 Å². The number of halogens is 1. The first kappa shape index (κ1) is 13.7. The van der Waals surface area contributed by atoms with E-state index >= 15 is 0 Å². The van der Waals surface area contributed by atoms with Crippen LogP contribution in [0.25, 0.3) is 0 Å². The van der Waals surface area contributed by atoms with Gasteiger partial charge in [0.2, 0.25) is 6.41 Å². The molecule has 0 spiro atoms. The summed E-state index contributed by atoms with van der Waals surface area (Å²) >= 11 is 0. The van der Waals surface area contributed by atoms with Crippen LogP contribution in [-0.4, -0.2) is 23.2 Å². The van der Waals surface area contributed by atoms with Crippen molar-refractivity contribution >= 4 is 36.3 Å². The zero-order chi connectivity index (χ0) is 12.3. The zero-order valence-electron chi connectivity index (χ0n) is 9.15. The van der Waals surface area contributed by atoms with Crippen molar-refractivity contribution in [2.24, 2.45) is 0 Å². The highest BCUT2D eigenvalue weighted by Gasteiger charge is 2.30. The number of imide groups is 1. The number of nitrogens with one attached hydrogen (secondary N) is 1. The van der Waals surface area contributed by atoms with E-state index in [4.69, 9.17) is 0 Å². The summed E-state index contributed by atoms with van der Waals surface area (Å²) in [7, 11) is 0. The van der Waals surface area contributed by atoms with Gasteiger partial charge in [0.15, 0.2) is 0 Å². The molecule has 1 heterocycles. The average Bonchev–Trinajstić information content (AvgIpc) is 2.68. The number of hydrogen-bond acceptors (Lipinski definition) is 4. The number of hydrogen-bond donors (Lipinski definition) is 1. The third-order valence-corrected chi connectivity index (χ3v) is 2.16. The van der Waals surface area contributed by atoms with Crippen LogP contribution < -0.4 is 10.5 Å². The maximum absolute atomic E-state index is 11.5. The summed E-state index contributed by atoms with van der Waals surface area (Å²) in [6, 6.07) is 8.57. The molecule has 2 rings (SSSR count). The number of rotatable bonds is 4.